The van der Waals surface area contributed by atoms with Gasteiger partial charge in [-0.1, -0.05) is 19.1 Å². The lowest BCUT2D eigenvalue weighted by molar-refractivity contribution is 0.607. The lowest BCUT2D eigenvalue weighted by Gasteiger charge is -2.04. The van der Waals surface area contributed by atoms with Crippen LogP contribution in [0.1, 0.15) is 13.3 Å². The first-order chi connectivity index (χ1) is 9.48. The van der Waals surface area contributed by atoms with Crippen LogP contribution in [0.3, 0.4) is 0 Å². The monoisotopic (exact) mass is 311 g/mol. The minimum atomic E-state index is -3.23. The first-order valence-corrected chi connectivity index (χ1v) is 9.02. The first kappa shape index (κ1) is 14.8. The first-order valence-electron chi connectivity index (χ1n) is 6.25. The van der Waals surface area contributed by atoms with E-state index in [9.17, 15) is 8.42 Å². The largest absolute Gasteiger partial charge is 0.362 e. The number of aromatic nitrogens is 1. The third kappa shape index (κ3) is 4.21. The van der Waals surface area contributed by atoms with Crippen LogP contribution in [0.5, 0.6) is 0 Å². The van der Waals surface area contributed by atoms with Crippen LogP contribution in [-0.2, 0) is 10.0 Å². The molecule has 108 valence electrons. The van der Waals surface area contributed by atoms with Gasteiger partial charge in [-0.2, -0.15) is 0 Å². The number of benzene rings is 1. The van der Waals surface area contributed by atoms with Crippen molar-refractivity contribution in [3.8, 4) is 11.3 Å². The summed E-state index contributed by atoms with van der Waals surface area (Å²) >= 11 is 1.56. The molecule has 20 heavy (non-hydrogen) atoms. The van der Waals surface area contributed by atoms with Gasteiger partial charge in [0.1, 0.15) is 0 Å². The van der Waals surface area contributed by atoms with Crippen LogP contribution in [0.4, 0.5) is 10.8 Å². The minimum Gasteiger partial charge on any atom is -0.362 e. The molecule has 0 unspecified atom stereocenters. The Morgan fingerprint density at radius 2 is 1.95 bits per heavy atom. The summed E-state index contributed by atoms with van der Waals surface area (Å²) in [5.74, 6) is 0. The molecule has 5 nitrogen and oxygen atoms in total. The molecule has 0 atom stereocenters. The zero-order chi connectivity index (χ0) is 14.6. The fourth-order valence-electron chi connectivity index (χ4n) is 1.64. The van der Waals surface area contributed by atoms with E-state index in [0.29, 0.717) is 5.69 Å². The van der Waals surface area contributed by atoms with Gasteiger partial charge in [0.05, 0.1) is 11.9 Å². The molecule has 1 aromatic carbocycles. The maximum atomic E-state index is 11.1. The quantitative estimate of drug-likeness (QED) is 0.860. The number of sulfonamides is 1. The van der Waals surface area contributed by atoms with Gasteiger partial charge in [-0.3, -0.25) is 4.72 Å². The molecule has 1 aromatic heterocycles. The number of rotatable bonds is 6. The van der Waals surface area contributed by atoms with Crippen molar-refractivity contribution in [2.24, 2.45) is 0 Å². The maximum absolute atomic E-state index is 11.1. The average Bonchev–Trinajstić information content (AvgIpc) is 2.84. The van der Waals surface area contributed by atoms with E-state index in [1.165, 1.54) is 0 Å². The van der Waals surface area contributed by atoms with Gasteiger partial charge in [0.2, 0.25) is 10.0 Å². The molecule has 0 fully saturated rings. The second-order valence-corrected chi connectivity index (χ2v) is 7.02. The molecule has 0 aliphatic heterocycles. The van der Waals surface area contributed by atoms with Crippen LogP contribution in [0, 0.1) is 0 Å². The van der Waals surface area contributed by atoms with Crippen molar-refractivity contribution in [3.05, 3.63) is 29.6 Å². The summed E-state index contributed by atoms with van der Waals surface area (Å²) in [7, 11) is -3.23. The van der Waals surface area contributed by atoms with Gasteiger partial charge in [-0.15, -0.1) is 11.3 Å². The van der Waals surface area contributed by atoms with E-state index in [4.69, 9.17) is 0 Å². The Balaban J connectivity index is 2.11. The highest BCUT2D eigenvalue weighted by Gasteiger charge is 2.05. The van der Waals surface area contributed by atoms with Gasteiger partial charge in [-0.05, 0) is 18.6 Å². The third-order valence-electron chi connectivity index (χ3n) is 2.51. The third-order valence-corrected chi connectivity index (χ3v) is 3.92. The van der Waals surface area contributed by atoms with Gasteiger partial charge >= 0.3 is 0 Å². The molecule has 2 rings (SSSR count). The van der Waals surface area contributed by atoms with Crippen molar-refractivity contribution < 1.29 is 8.42 Å². The molecule has 0 amide bonds. The van der Waals surface area contributed by atoms with E-state index in [-0.39, 0.29) is 0 Å². The molecule has 7 heteroatoms. The van der Waals surface area contributed by atoms with Crippen molar-refractivity contribution >= 4 is 32.2 Å². The van der Waals surface area contributed by atoms with Gasteiger partial charge < -0.3 is 5.32 Å². The number of nitrogens with zero attached hydrogens (tertiary/aromatic N) is 1. The summed E-state index contributed by atoms with van der Waals surface area (Å²) in [6, 6.07) is 7.17. The Morgan fingerprint density at radius 1 is 1.25 bits per heavy atom. The Labute approximate surface area is 123 Å². The van der Waals surface area contributed by atoms with E-state index in [2.05, 4.69) is 21.9 Å². The lowest BCUT2D eigenvalue weighted by Crippen LogP contribution is -2.09. The summed E-state index contributed by atoms with van der Waals surface area (Å²) in [6.45, 7) is 3.01. The van der Waals surface area contributed by atoms with Gasteiger partial charge in [0, 0.05) is 23.2 Å². The Kier molecular flexibility index (Phi) is 4.61. The second kappa shape index (κ2) is 6.23. The Hall–Kier alpha value is -1.60. The Morgan fingerprint density at radius 3 is 2.55 bits per heavy atom. The zero-order valence-electron chi connectivity index (χ0n) is 11.4. The summed E-state index contributed by atoms with van der Waals surface area (Å²) in [5.41, 5.74) is 2.40. The predicted molar refractivity (Wildman–Crippen MR) is 84.8 cm³/mol. The van der Waals surface area contributed by atoms with Crippen LogP contribution in [0.25, 0.3) is 11.3 Å². The molecule has 0 aliphatic carbocycles. The highest BCUT2D eigenvalue weighted by Crippen LogP contribution is 2.26. The number of hydrogen-bond acceptors (Lipinski definition) is 5. The number of hydrogen-bond donors (Lipinski definition) is 2. The molecule has 0 saturated carbocycles. The van der Waals surface area contributed by atoms with Crippen LogP contribution in [0.15, 0.2) is 29.6 Å². The van der Waals surface area contributed by atoms with E-state index < -0.39 is 10.0 Å². The van der Waals surface area contributed by atoms with E-state index in [1.54, 1.807) is 23.5 Å². The lowest BCUT2D eigenvalue weighted by atomic mass is 10.1. The highest BCUT2D eigenvalue weighted by atomic mass is 32.2. The molecule has 2 N–H and O–H groups in total. The smallest absolute Gasteiger partial charge is 0.229 e. The number of nitrogens with one attached hydrogen (secondary N) is 2. The SMILES string of the molecule is CCCNc1nc(-c2ccc(NS(C)(=O)=O)cc2)cs1. The topological polar surface area (TPSA) is 71.1 Å². The fourth-order valence-corrected chi connectivity index (χ4v) is 2.96. The van der Waals surface area contributed by atoms with Crippen molar-refractivity contribution in [1.82, 2.24) is 4.98 Å². The molecular formula is C13H17N3O2S2. The van der Waals surface area contributed by atoms with Gasteiger partial charge in [0.15, 0.2) is 5.13 Å². The van der Waals surface area contributed by atoms with E-state index in [0.717, 1.165) is 35.6 Å². The van der Waals surface area contributed by atoms with E-state index in [1.807, 2.05) is 17.5 Å². The zero-order valence-corrected chi connectivity index (χ0v) is 13.0. The van der Waals surface area contributed by atoms with E-state index >= 15 is 0 Å². The van der Waals surface area contributed by atoms with Gasteiger partial charge in [-0.25, -0.2) is 13.4 Å². The standard InChI is InChI=1S/C13H17N3O2S2/c1-3-8-14-13-15-12(9-19-13)10-4-6-11(7-5-10)16-20(2,17)18/h4-7,9,16H,3,8H2,1-2H3,(H,14,15). The molecule has 0 bridgehead atoms. The van der Waals surface area contributed by atoms with Crippen LogP contribution in [0.2, 0.25) is 0 Å². The van der Waals surface area contributed by atoms with Crippen molar-refractivity contribution in [1.29, 1.82) is 0 Å². The molecule has 0 aliphatic rings. The van der Waals surface area contributed by atoms with Crippen LogP contribution < -0.4 is 10.0 Å². The summed E-state index contributed by atoms with van der Waals surface area (Å²) in [6.07, 6.45) is 2.19. The molecule has 2 aromatic rings. The fraction of sp³-hybridized carbons (Fsp3) is 0.308. The maximum Gasteiger partial charge on any atom is 0.229 e. The molecular weight excluding hydrogens is 294 g/mol. The average molecular weight is 311 g/mol. The highest BCUT2D eigenvalue weighted by molar-refractivity contribution is 7.92. The van der Waals surface area contributed by atoms with Crippen LogP contribution in [-0.4, -0.2) is 26.2 Å². The number of thiazole rings is 1. The summed E-state index contributed by atoms with van der Waals surface area (Å²) < 4.78 is 24.7. The predicted octanol–water partition coefficient (Wildman–Crippen LogP) is 3.00. The van der Waals surface area contributed by atoms with Crippen LogP contribution >= 0.6 is 11.3 Å². The summed E-state index contributed by atoms with van der Waals surface area (Å²) in [4.78, 5) is 4.49. The summed E-state index contributed by atoms with van der Waals surface area (Å²) in [5, 5.41) is 6.13. The van der Waals surface area contributed by atoms with Crippen molar-refractivity contribution in [3.63, 3.8) is 0 Å². The second-order valence-electron chi connectivity index (χ2n) is 4.42. The molecule has 0 saturated heterocycles. The minimum absolute atomic E-state index is 0.552. The normalized spacial score (nSPS) is 11.3. The molecule has 0 radical (unpaired) electrons. The molecule has 0 spiro atoms. The molecule has 1 heterocycles. The van der Waals surface area contributed by atoms with Crippen molar-refractivity contribution in [2.45, 2.75) is 13.3 Å². The van der Waals surface area contributed by atoms with Gasteiger partial charge in [0.25, 0.3) is 0 Å². The van der Waals surface area contributed by atoms with Crippen molar-refractivity contribution in [2.75, 3.05) is 22.8 Å². The number of anilines is 2. The Bertz CT molecular complexity index is 663.